The number of quaternary nitrogens is 1. The van der Waals surface area contributed by atoms with E-state index in [2.05, 4.69) is 38.2 Å². The van der Waals surface area contributed by atoms with E-state index in [0.29, 0.717) is 12.8 Å². The minimum atomic E-state index is -1.13. The Balaban J connectivity index is 4.26. The Morgan fingerprint density at radius 1 is 0.547 bits per heavy atom. The van der Waals surface area contributed by atoms with Gasteiger partial charge in [-0.05, 0) is 57.8 Å². The summed E-state index contributed by atoms with van der Waals surface area (Å²) in [6, 6.07) is -0.725. The molecule has 0 amide bonds. The quantitative estimate of drug-likeness (QED) is 0.0267. The van der Waals surface area contributed by atoms with E-state index in [1.165, 1.54) is 103 Å². The number of carboxylic acids is 1. The first-order chi connectivity index (χ1) is 25.6. The maximum Gasteiger partial charge on any atom is 0.306 e. The molecule has 0 aliphatic carbocycles. The Morgan fingerprint density at radius 3 is 1.42 bits per heavy atom. The molecule has 53 heavy (non-hydrogen) atoms. The van der Waals surface area contributed by atoms with Crippen molar-refractivity contribution in [3.8, 4) is 0 Å². The summed E-state index contributed by atoms with van der Waals surface area (Å²) in [4.78, 5) is 36.7. The van der Waals surface area contributed by atoms with Gasteiger partial charge in [0.2, 0.25) is 0 Å². The number of carbonyl (C=O) groups excluding carboxylic acids is 3. The van der Waals surface area contributed by atoms with Crippen LogP contribution in [0.25, 0.3) is 0 Å². The fourth-order valence-corrected chi connectivity index (χ4v) is 6.34. The SMILES string of the molecule is CCCC/C=C/CCCCCCC(=O)OC(COCCC(C(=O)[O-])[N+](C)(C)C)COC(=O)CCCCCCCCC/C=C/CCCCCCCCCC. The Labute approximate surface area is 326 Å². The predicted molar refractivity (Wildman–Crippen MR) is 217 cm³/mol. The number of rotatable bonds is 39. The predicted octanol–water partition coefficient (Wildman–Crippen LogP) is 10.4. The van der Waals surface area contributed by atoms with Crippen LogP contribution in [0.15, 0.2) is 24.3 Å². The highest BCUT2D eigenvalue weighted by atomic mass is 16.6. The van der Waals surface area contributed by atoms with E-state index in [-0.39, 0.29) is 42.7 Å². The topological polar surface area (TPSA) is 102 Å². The van der Waals surface area contributed by atoms with Crippen LogP contribution < -0.4 is 5.11 Å². The van der Waals surface area contributed by atoms with Crippen LogP contribution in [0.2, 0.25) is 0 Å². The van der Waals surface area contributed by atoms with Crippen molar-refractivity contribution >= 4 is 17.9 Å². The highest BCUT2D eigenvalue weighted by Gasteiger charge is 2.25. The smallest absolute Gasteiger partial charge is 0.306 e. The second kappa shape index (κ2) is 36.8. The van der Waals surface area contributed by atoms with Crippen LogP contribution in [0.5, 0.6) is 0 Å². The van der Waals surface area contributed by atoms with E-state index in [9.17, 15) is 19.5 Å². The van der Waals surface area contributed by atoms with Crippen molar-refractivity contribution < 1.29 is 38.2 Å². The zero-order chi connectivity index (χ0) is 39.3. The minimum Gasteiger partial charge on any atom is -0.544 e. The number of likely N-dealkylation sites (N-methyl/N-ethyl adjacent to an activating group) is 1. The lowest BCUT2D eigenvalue weighted by Crippen LogP contribution is -2.55. The van der Waals surface area contributed by atoms with Crippen LogP contribution in [0.3, 0.4) is 0 Å². The molecule has 2 atom stereocenters. The van der Waals surface area contributed by atoms with Crippen LogP contribution in [0, 0.1) is 0 Å². The molecular weight excluding hydrogens is 666 g/mol. The number of unbranched alkanes of at least 4 members (excludes halogenated alkanes) is 21. The van der Waals surface area contributed by atoms with Crippen LogP contribution in [0.4, 0.5) is 0 Å². The van der Waals surface area contributed by atoms with Crippen molar-refractivity contribution in [1.82, 2.24) is 0 Å². The second-order valence-corrected chi connectivity index (χ2v) is 15.9. The maximum atomic E-state index is 12.6. The van der Waals surface area contributed by atoms with E-state index < -0.39 is 18.1 Å². The van der Waals surface area contributed by atoms with Crippen molar-refractivity contribution in [2.45, 2.75) is 206 Å². The van der Waals surface area contributed by atoms with Gasteiger partial charge >= 0.3 is 11.9 Å². The molecule has 0 saturated carbocycles. The third-order valence-corrected chi connectivity index (χ3v) is 9.81. The van der Waals surface area contributed by atoms with Crippen molar-refractivity contribution in [3.63, 3.8) is 0 Å². The number of nitrogens with zero attached hydrogens (tertiary/aromatic N) is 1. The fourth-order valence-electron chi connectivity index (χ4n) is 6.34. The molecule has 0 heterocycles. The summed E-state index contributed by atoms with van der Waals surface area (Å²) in [7, 11) is 5.40. The van der Waals surface area contributed by atoms with E-state index >= 15 is 0 Å². The summed E-state index contributed by atoms with van der Waals surface area (Å²) in [5.41, 5.74) is 0. The van der Waals surface area contributed by atoms with Gasteiger partial charge in [0.05, 0.1) is 40.3 Å². The maximum absolute atomic E-state index is 12.6. The normalized spacial score (nSPS) is 13.2. The Kier molecular flexibility index (Phi) is 35.2. The van der Waals surface area contributed by atoms with Gasteiger partial charge in [-0.1, -0.05) is 141 Å². The molecule has 8 nitrogen and oxygen atoms in total. The average Bonchev–Trinajstić information content (AvgIpc) is 3.11. The molecule has 310 valence electrons. The number of ether oxygens (including phenoxy) is 3. The molecule has 0 aliphatic rings. The van der Waals surface area contributed by atoms with Crippen LogP contribution in [-0.4, -0.2) is 75.5 Å². The first kappa shape index (κ1) is 50.8. The van der Waals surface area contributed by atoms with Crippen LogP contribution in [-0.2, 0) is 28.6 Å². The van der Waals surface area contributed by atoms with E-state index in [1.807, 2.05) is 0 Å². The van der Waals surface area contributed by atoms with Gasteiger partial charge in [-0.3, -0.25) is 9.59 Å². The molecule has 0 radical (unpaired) electrons. The summed E-state index contributed by atoms with van der Waals surface area (Å²) in [5, 5.41) is 11.6. The number of esters is 2. The number of carboxylic acid groups (broad SMARTS) is 1. The molecule has 0 aromatic heterocycles. The Bertz CT molecular complexity index is 926. The number of hydrogen-bond donors (Lipinski definition) is 0. The summed E-state index contributed by atoms with van der Waals surface area (Å²) in [5.74, 6) is -1.75. The number of aliphatic carboxylic acids is 1. The van der Waals surface area contributed by atoms with Gasteiger partial charge in [-0.15, -0.1) is 0 Å². The molecule has 0 fully saturated rings. The third kappa shape index (κ3) is 35.3. The van der Waals surface area contributed by atoms with Crippen LogP contribution >= 0.6 is 0 Å². The van der Waals surface area contributed by atoms with E-state index in [0.717, 1.165) is 57.8 Å². The molecule has 0 rings (SSSR count). The standard InChI is InChI=1S/C45H83NO7/c1-6-8-10-12-14-16-18-19-20-21-22-23-24-25-26-28-29-31-33-35-43(47)52-40-41(39-51-38-37-42(45(49)50)46(3,4)5)53-44(48)36-34-32-30-27-17-15-13-11-9-7-2/h13,15,21-22,41-42H,6-12,14,16-20,23-40H2,1-5H3/b15-13+,22-21+. The van der Waals surface area contributed by atoms with Gasteiger partial charge in [-0.25, -0.2) is 0 Å². The monoisotopic (exact) mass is 750 g/mol. The summed E-state index contributed by atoms with van der Waals surface area (Å²) < 4.78 is 17.1. The lowest BCUT2D eigenvalue weighted by Gasteiger charge is -2.34. The van der Waals surface area contributed by atoms with Crippen molar-refractivity contribution in [2.75, 3.05) is 41.0 Å². The van der Waals surface area contributed by atoms with Crippen molar-refractivity contribution in [2.24, 2.45) is 0 Å². The van der Waals surface area contributed by atoms with Gasteiger partial charge in [0.1, 0.15) is 12.6 Å². The zero-order valence-corrected chi connectivity index (χ0v) is 35.2. The third-order valence-electron chi connectivity index (χ3n) is 9.81. The molecular formula is C45H83NO7. The number of carbonyl (C=O) groups is 3. The number of hydrogen-bond acceptors (Lipinski definition) is 7. The first-order valence-electron chi connectivity index (χ1n) is 21.9. The molecule has 0 aliphatic heterocycles. The largest absolute Gasteiger partial charge is 0.544 e. The highest BCUT2D eigenvalue weighted by molar-refractivity contribution is 5.70. The average molecular weight is 750 g/mol. The fraction of sp³-hybridized carbons (Fsp3) is 0.844. The molecule has 0 N–H and O–H groups in total. The lowest BCUT2D eigenvalue weighted by atomic mass is 10.1. The zero-order valence-electron chi connectivity index (χ0n) is 35.2. The summed E-state index contributed by atoms with van der Waals surface area (Å²) in [6.07, 6.45) is 39.2. The van der Waals surface area contributed by atoms with Gasteiger partial charge in [0.15, 0.2) is 6.10 Å². The molecule has 2 unspecified atom stereocenters. The molecule has 8 heteroatoms. The highest BCUT2D eigenvalue weighted by Crippen LogP contribution is 2.14. The number of allylic oxidation sites excluding steroid dienone is 4. The molecule has 0 aromatic rings. The van der Waals surface area contributed by atoms with Crippen LogP contribution in [0.1, 0.15) is 194 Å². The molecule has 0 saturated heterocycles. The van der Waals surface area contributed by atoms with Crippen molar-refractivity contribution in [1.29, 1.82) is 0 Å². The van der Waals surface area contributed by atoms with Gasteiger partial charge in [0.25, 0.3) is 0 Å². The molecule has 0 aromatic carbocycles. The van der Waals surface area contributed by atoms with E-state index in [1.54, 1.807) is 21.1 Å². The van der Waals surface area contributed by atoms with Gasteiger partial charge in [0, 0.05) is 19.3 Å². The Morgan fingerprint density at radius 2 is 0.962 bits per heavy atom. The van der Waals surface area contributed by atoms with Crippen molar-refractivity contribution in [3.05, 3.63) is 24.3 Å². The Hall–Kier alpha value is -2.19. The minimum absolute atomic E-state index is 0.0370. The first-order valence-corrected chi connectivity index (χ1v) is 21.9. The second-order valence-electron chi connectivity index (χ2n) is 15.9. The van der Waals surface area contributed by atoms with Gasteiger partial charge in [-0.2, -0.15) is 0 Å². The summed E-state index contributed by atoms with van der Waals surface area (Å²) in [6.45, 7) is 4.60. The lowest BCUT2D eigenvalue weighted by molar-refractivity contribution is -0.889. The molecule has 0 bridgehead atoms. The van der Waals surface area contributed by atoms with Gasteiger partial charge < -0.3 is 28.6 Å². The van der Waals surface area contributed by atoms with E-state index in [4.69, 9.17) is 14.2 Å². The summed E-state index contributed by atoms with van der Waals surface area (Å²) >= 11 is 0. The molecule has 0 spiro atoms.